The molecule has 0 radical (unpaired) electrons. The van der Waals surface area contributed by atoms with Crippen LogP contribution in [0.4, 0.5) is 13.2 Å². The molecule has 0 fully saturated rings. The molecule has 2 aromatic carbocycles. The monoisotopic (exact) mass is 587 g/mol. The van der Waals surface area contributed by atoms with Crippen LogP contribution in [0, 0.1) is 0 Å². The maximum absolute atomic E-state index is 13.0. The number of nitrogens with one attached hydrogen (secondary N) is 2. The Labute approximate surface area is 239 Å². The maximum atomic E-state index is 13.0. The Hall–Kier alpha value is -3.99. The van der Waals surface area contributed by atoms with Gasteiger partial charge in [0.15, 0.2) is 0 Å². The van der Waals surface area contributed by atoms with E-state index in [-0.39, 0.29) is 11.9 Å². The molecule has 3 N–H and O–H groups in total. The number of alkyl halides is 3. The van der Waals surface area contributed by atoms with Gasteiger partial charge in [0.05, 0.1) is 24.4 Å². The number of carboxylic acids is 1. The highest BCUT2D eigenvalue weighted by molar-refractivity contribution is 7.17. The highest BCUT2D eigenvalue weighted by Gasteiger charge is 2.38. The molecule has 0 aliphatic heterocycles. The highest BCUT2D eigenvalue weighted by atomic mass is 32.1. The molecule has 0 aliphatic rings. The number of carboxylic acid groups (broad SMARTS) is 1. The Morgan fingerprint density at radius 1 is 1.02 bits per heavy atom. The van der Waals surface area contributed by atoms with E-state index in [9.17, 15) is 22.8 Å². The summed E-state index contributed by atoms with van der Waals surface area (Å²) in [4.78, 5) is 41.5. The fourth-order valence-electron chi connectivity index (χ4n) is 4.17. The number of rotatable bonds is 12. The predicted molar refractivity (Wildman–Crippen MR) is 153 cm³/mol. The molecule has 0 bridgehead atoms. The van der Waals surface area contributed by atoms with E-state index in [2.05, 4.69) is 32.8 Å². The molecule has 0 unspecified atom stereocenters. The number of Topliss-reactive ketones (excluding diaryl/α,β-unsaturated/α-hetero) is 1. The molecule has 7 nitrogen and oxygen atoms in total. The van der Waals surface area contributed by atoms with Crippen LogP contribution in [0.5, 0.6) is 0 Å². The smallest absolute Gasteiger partial charge is 0.475 e. The molecular formula is C30H32F3N3O4S. The number of hydrogen-bond donors (Lipinski definition) is 3. The van der Waals surface area contributed by atoms with Crippen molar-refractivity contribution in [3.05, 3.63) is 77.6 Å². The van der Waals surface area contributed by atoms with Crippen LogP contribution in [0.25, 0.3) is 21.3 Å². The van der Waals surface area contributed by atoms with Gasteiger partial charge < -0.3 is 15.4 Å². The van der Waals surface area contributed by atoms with E-state index >= 15 is 0 Å². The third-order valence-corrected chi connectivity index (χ3v) is 7.36. The molecule has 0 aliphatic carbocycles. The minimum atomic E-state index is -5.08. The van der Waals surface area contributed by atoms with E-state index in [1.807, 2.05) is 55.6 Å². The van der Waals surface area contributed by atoms with Gasteiger partial charge in [-0.05, 0) is 40.8 Å². The Balaban J connectivity index is 0.000000587. The molecule has 2 heterocycles. The quantitative estimate of drug-likeness (QED) is 0.151. The fraction of sp³-hybridized carbons (Fsp3) is 0.333. The van der Waals surface area contributed by atoms with Crippen molar-refractivity contribution in [1.82, 2.24) is 15.3 Å². The largest absolute Gasteiger partial charge is 0.490 e. The Kier molecular flexibility index (Phi) is 11.6. The number of carbonyl (C=O) groups is 3. The first-order chi connectivity index (χ1) is 19.6. The summed E-state index contributed by atoms with van der Waals surface area (Å²) in [5.74, 6) is -1.68. The summed E-state index contributed by atoms with van der Waals surface area (Å²) >= 11 is 1.67. The number of halogens is 3. The van der Waals surface area contributed by atoms with Gasteiger partial charge in [-0.3, -0.25) is 9.59 Å². The van der Waals surface area contributed by atoms with Crippen molar-refractivity contribution < 1.29 is 32.7 Å². The molecule has 0 saturated carbocycles. The second kappa shape index (κ2) is 15.1. The summed E-state index contributed by atoms with van der Waals surface area (Å²) in [6.45, 7) is 1.91. The average molecular weight is 588 g/mol. The number of ketones is 1. The van der Waals surface area contributed by atoms with Crippen molar-refractivity contribution >= 4 is 39.1 Å². The van der Waals surface area contributed by atoms with Crippen LogP contribution in [-0.4, -0.2) is 38.9 Å². The summed E-state index contributed by atoms with van der Waals surface area (Å²) in [5.41, 5.74) is 3.06. The number of aromatic nitrogens is 2. The molecule has 1 atom stereocenters. The number of fused-ring (bicyclic) bond motifs is 1. The third kappa shape index (κ3) is 9.86. The van der Waals surface area contributed by atoms with E-state index in [0.717, 1.165) is 53.7 Å². The summed E-state index contributed by atoms with van der Waals surface area (Å²) in [7, 11) is 0. The summed E-state index contributed by atoms with van der Waals surface area (Å²) in [5, 5.41) is 13.6. The van der Waals surface area contributed by atoms with E-state index in [0.29, 0.717) is 25.0 Å². The molecule has 218 valence electrons. The number of unbranched alkanes of at least 4 members (excludes halogenated alkanes) is 2. The molecule has 4 aromatic rings. The molecular weight excluding hydrogens is 555 g/mol. The highest BCUT2D eigenvalue weighted by Crippen LogP contribution is 2.27. The van der Waals surface area contributed by atoms with Crippen LogP contribution in [0.3, 0.4) is 0 Å². The van der Waals surface area contributed by atoms with E-state index in [4.69, 9.17) is 9.90 Å². The summed E-state index contributed by atoms with van der Waals surface area (Å²) < 4.78 is 32.9. The SMILES string of the molecule is CCC(=O)CCCCC[C@H](NC(=O)Cc1csc2ccccc12)c1ncc(-c2ccccc2)[nH]1.O=C(O)C(F)(F)F. The number of carbonyl (C=O) groups excluding carboxylic acids is 2. The number of aliphatic carboxylic acids is 1. The number of benzene rings is 2. The van der Waals surface area contributed by atoms with Gasteiger partial charge in [0.25, 0.3) is 0 Å². The van der Waals surface area contributed by atoms with Crippen LogP contribution < -0.4 is 5.32 Å². The van der Waals surface area contributed by atoms with Crippen LogP contribution in [0.2, 0.25) is 0 Å². The normalized spacial score (nSPS) is 11.9. The molecule has 11 heteroatoms. The zero-order valence-corrected chi connectivity index (χ0v) is 23.4. The van der Waals surface area contributed by atoms with Gasteiger partial charge in [0, 0.05) is 17.5 Å². The van der Waals surface area contributed by atoms with Crippen LogP contribution in [-0.2, 0) is 20.8 Å². The zero-order chi connectivity index (χ0) is 29.8. The average Bonchev–Trinajstić information content (AvgIpc) is 3.60. The van der Waals surface area contributed by atoms with E-state index < -0.39 is 12.1 Å². The van der Waals surface area contributed by atoms with Crippen molar-refractivity contribution in [3.63, 3.8) is 0 Å². The number of thiophene rings is 1. The van der Waals surface area contributed by atoms with Crippen molar-refractivity contribution in [2.24, 2.45) is 0 Å². The molecule has 2 aromatic heterocycles. The number of amides is 1. The third-order valence-electron chi connectivity index (χ3n) is 6.34. The lowest BCUT2D eigenvalue weighted by atomic mass is 10.0. The molecule has 4 rings (SSSR count). The second-order valence-corrected chi connectivity index (χ2v) is 10.3. The van der Waals surface area contributed by atoms with Crippen LogP contribution in [0.15, 0.2) is 66.2 Å². The second-order valence-electron chi connectivity index (χ2n) is 9.40. The van der Waals surface area contributed by atoms with Crippen molar-refractivity contribution in [2.75, 3.05) is 0 Å². The lowest BCUT2D eigenvalue weighted by molar-refractivity contribution is -0.192. The molecule has 41 heavy (non-hydrogen) atoms. The predicted octanol–water partition coefficient (Wildman–Crippen LogP) is 7.25. The topological polar surface area (TPSA) is 112 Å². The van der Waals surface area contributed by atoms with Crippen molar-refractivity contribution in [3.8, 4) is 11.3 Å². The first-order valence-electron chi connectivity index (χ1n) is 13.2. The molecule has 0 saturated heterocycles. The van der Waals surface area contributed by atoms with Crippen LogP contribution in [0.1, 0.15) is 62.9 Å². The molecule has 1 amide bonds. The minimum Gasteiger partial charge on any atom is -0.475 e. The van der Waals surface area contributed by atoms with Crippen molar-refractivity contribution in [2.45, 2.75) is 64.1 Å². The number of nitrogens with zero attached hydrogens (tertiary/aromatic N) is 1. The lowest BCUT2D eigenvalue weighted by Gasteiger charge is -2.17. The number of hydrogen-bond acceptors (Lipinski definition) is 5. The van der Waals surface area contributed by atoms with Gasteiger partial charge >= 0.3 is 12.1 Å². The number of H-pyrrole nitrogens is 1. The zero-order valence-electron chi connectivity index (χ0n) is 22.5. The van der Waals surface area contributed by atoms with Gasteiger partial charge in [-0.15, -0.1) is 11.3 Å². The minimum absolute atomic E-state index is 0.00706. The first kappa shape index (κ1) is 31.5. The Bertz CT molecular complexity index is 1430. The summed E-state index contributed by atoms with van der Waals surface area (Å²) in [6.07, 6.45) is 1.88. The standard InChI is InChI=1S/C28H31N3O2S.C2HF3O2/c1-2-22(32)13-7-4-8-15-24(28-29-18-25(31-28)20-11-5-3-6-12-20)30-27(33)17-21-19-34-26-16-10-9-14-23(21)26;3-2(4,5)1(6)7/h3,5-6,9-12,14,16,18-19,24H,2,4,7-8,13,15,17H2,1H3,(H,29,31)(H,30,33);(H,6,7)/t24-;/m0./s1. The summed E-state index contributed by atoms with van der Waals surface area (Å²) in [6, 6.07) is 18.1. The number of imidazole rings is 1. The Morgan fingerprint density at radius 3 is 2.39 bits per heavy atom. The Morgan fingerprint density at radius 2 is 1.71 bits per heavy atom. The van der Waals surface area contributed by atoms with Crippen molar-refractivity contribution in [1.29, 1.82) is 0 Å². The van der Waals surface area contributed by atoms with Gasteiger partial charge in [-0.25, -0.2) is 9.78 Å². The van der Waals surface area contributed by atoms with E-state index in [1.165, 1.54) is 4.70 Å². The van der Waals surface area contributed by atoms with E-state index in [1.54, 1.807) is 11.3 Å². The first-order valence-corrected chi connectivity index (χ1v) is 14.1. The van der Waals surface area contributed by atoms with Gasteiger partial charge in [0.1, 0.15) is 11.6 Å². The lowest BCUT2D eigenvalue weighted by Crippen LogP contribution is -2.30. The number of aromatic amines is 1. The van der Waals surface area contributed by atoms with Gasteiger partial charge in [0.2, 0.25) is 5.91 Å². The fourth-order valence-corrected chi connectivity index (χ4v) is 5.13. The van der Waals surface area contributed by atoms with Gasteiger partial charge in [-0.2, -0.15) is 13.2 Å². The molecule has 0 spiro atoms. The van der Waals surface area contributed by atoms with Crippen LogP contribution >= 0.6 is 11.3 Å². The maximum Gasteiger partial charge on any atom is 0.490 e. The van der Waals surface area contributed by atoms with Gasteiger partial charge in [-0.1, -0.05) is 68.3 Å².